The van der Waals surface area contributed by atoms with E-state index in [0.29, 0.717) is 9.47 Å². The zero-order chi connectivity index (χ0) is 18.2. The highest BCUT2D eigenvalue weighted by molar-refractivity contribution is 8.01. The number of aryl methyl sites for hydroxylation is 1. The summed E-state index contributed by atoms with van der Waals surface area (Å²) in [5, 5.41) is 17.3. The SMILES string of the molecule is Cc1ccccc1Nc1nnc(SCC(=O)NCC(=O)NC(C)C)s1. The molecule has 7 nitrogen and oxygen atoms in total. The number of nitrogens with one attached hydrogen (secondary N) is 3. The zero-order valence-corrected chi connectivity index (χ0v) is 16.0. The van der Waals surface area contributed by atoms with Gasteiger partial charge in [0, 0.05) is 11.7 Å². The van der Waals surface area contributed by atoms with Crippen molar-refractivity contribution in [2.24, 2.45) is 0 Å². The highest BCUT2D eigenvalue weighted by Crippen LogP contribution is 2.28. The molecular weight excluding hydrogens is 358 g/mol. The molecule has 0 bridgehead atoms. The number of aromatic nitrogens is 2. The minimum absolute atomic E-state index is 0.0201. The maximum atomic E-state index is 11.8. The molecule has 0 fully saturated rings. The molecule has 0 aliphatic carbocycles. The van der Waals surface area contributed by atoms with E-state index in [9.17, 15) is 9.59 Å². The summed E-state index contributed by atoms with van der Waals surface area (Å²) in [5.41, 5.74) is 2.09. The van der Waals surface area contributed by atoms with Gasteiger partial charge in [-0.25, -0.2) is 0 Å². The van der Waals surface area contributed by atoms with E-state index in [4.69, 9.17) is 0 Å². The minimum atomic E-state index is -0.215. The average Bonchev–Trinajstić information content (AvgIpc) is 3.00. The first-order chi connectivity index (χ1) is 11.9. The quantitative estimate of drug-likeness (QED) is 0.609. The maximum absolute atomic E-state index is 11.8. The Morgan fingerprint density at radius 3 is 2.68 bits per heavy atom. The lowest BCUT2D eigenvalue weighted by Gasteiger charge is -2.08. The number of thioether (sulfide) groups is 1. The fourth-order valence-corrected chi connectivity index (χ4v) is 3.47. The molecule has 1 heterocycles. The minimum Gasteiger partial charge on any atom is -0.352 e. The third-order valence-corrected chi connectivity index (χ3v) is 4.99. The molecule has 1 aromatic carbocycles. The Kier molecular flexibility index (Phi) is 7.20. The molecule has 25 heavy (non-hydrogen) atoms. The van der Waals surface area contributed by atoms with Gasteiger partial charge in [0.1, 0.15) is 0 Å². The van der Waals surface area contributed by atoms with Crippen LogP contribution in [0.25, 0.3) is 0 Å². The number of carbonyl (C=O) groups excluding carboxylic acids is 2. The Labute approximate surface area is 155 Å². The van der Waals surface area contributed by atoms with Crippen LogP contribution in [0.1, 0.15) is 19.4 Å². The molecule has 0 unspecified atom stereocenters. The van der Waals surface area contributed by atoms with Gasteiger partial charge in [-0.1, -0.05) is 41.3 Å². The van der Waals surface area contributed by atoms with E-state index in [0.717, 1.165) is 11.3 Å². The largest absolute Gasteiger partial charge is 0.352 e. The van der Waals surface area contributed by atoms with E-state index in [2.05, 4.69) is 26.1 Å². The molecule has 0 saturated carbocycles. The summed E-state index contributed by atoms with van der Waals surface area (Å²) in [6, 6.07) is 7.96. The van der Waals surface area contributed by atoms with Crippen molar-refractivity contribution in [3.05, 3.63) is 29.8 Å². The molecule has 0 atom stereocenters. The third-order valence-electron chi connectivity index (χ3n) is 3.02. The molecule has 0 aliphatic rings. The molecule has 0 spiro atoms. The van der Waals surface area contributed by atoms with Crippen LogP contribution in [-0.4, -0.2) is 40.4 Å². The van der Waals surface area contributed by atoms with Crippen molar-refractivity contribution in [3.63, 3.8) is 0 Å². The van der Waals surface area contributed by atoms with E-state index in [1.165, 1.54) is 23.1 Å². The molecule has 1 aromatic heterocycles. The number of para-hydroxylation sites is 1. The number of rotatable bonds is 8. The molecule has 3 N–H and O–H groups in total. The summed E-state index contributed by atoms with van der Waals surface area (Å²) in [7, 11) is 0. The third kappa shape index (κ3) is 6.71. The number of nitrogens with zero attached hydrogens (tertiary/aromatic N) is 2. The number of benzene rings is 1. The van der Waals surface area contributed by atoms with Crippen molar-refractivity contribution < 1.29 is 9.59 Å². The van der Waals surface area contributed by atoms with Gasteiger partial charge in [-0.2, -0.15) is 0 Å². The van der Waals surface area contributed by atoms with Gasteiger partial charge in [0.05, 0.1) is 12.3 Å². The smallest absolute Gasteiger partial charge is 0.239 e. The average molecular weight is 380 g/mol. The molecule has 2 amide bonds. The highest BCUT2D eigenvalue weighted by atomic mass is 32.2. The van der Waals surface area contributed by atoms with E-state index in [-0.39, 0.29) is 30.2 Å². The van der Waals surface area contributed by atoms with Crippen LogP contribution in [0.4, 0.5) is 10.8 Å². The van der Waals surface area contributed by atoms with Gasteiger partial charge in [0.25, 0.3) is 0 Å². The summed E-state index contributed by atoms with van der Waals surface area (Å²) in [6.45, 7) is 5.73. The van der Waals surface area contributed by atoms with E-state index >= 15 is 0 Å². The number of anilines is 2. The molecular formula is C16H21N5O2S2. The van der Waals surface area contributed by atoms with Crippen LogP contribution < -0.4 is 16.0 Å². The Balaban J connectivity index is 1.76. The predicted molar refractivity (Wildman–Crippen MR) is 101 cm³/mol. The van der Waals surface area contributed by atoms with E-state index in [1.54, 1.807) is 0 Å². The van der Waals surface area contributed by atoms with Crippen LogP contribution in [0.3, 0.4) is 0 Å². The lowest BCUT2D eigenvalue weighted by molar-refractivity contribution is -0.125. The van der Waals surface area contributed by atoms with Gasteiger partial charge in [-0.3, -0.25) is 9.59 Å². The second-order valence-electron chi connectivity index (χ2n) is 5.60. The van der Waals surface area contributed by atoms with Crippen LogP contribution in [0.15, 0.2) is 28.6 Å². The normalized spacial score (nSPS) is 10.6. The molecule has 2 rings (SSSR count). The van der Waals surface area contributed by atoms with Gasteiger partial charge in [-0.15, -0.1) is 10.2 Å². The number of amides is 2. The van der Waals surface area contributed by atoms with Crippen LogP contribution in [0, 0.1) is 6.92 Å². The predicted octanol–water partition coefficient (Wildman–Crippen LogP) is 2.32. The molecule has 9 heteroatoms. The van der Waals surface area contributed by atoms with Crippen molar-refractivity contribution in [2.75, 3.05) is 17.6 Å². The van der Waals surface area contributed by atoms with Gasteiger partial charge >= 0.3 is 0 Å². The molecule has 0 saturated heterocycles. The highest BCUT2D eigenvalue weighted by Gasteiger charge is 2.10. The number of hydrogen-bond donors (Lipinski definition) is 3. The van der Waals surface area contributed by atoms with Crippen LogP contribution in [0.5, 0.6) is 0 Å². The summed E-state index contributed by atoms with van der Waals surface area (Å²) in [5.74, 6) is -0.227. The van der Waals surface area contributed by atoms with Crippen molar-refractivity contribution in [1.29, 1.82) is 0 Å². The van der Waals surface area contributed by atoms with Gasteiger partial charge in [0.15, 0.2) is 4.34 Å². The second kappa shape index (κ2) is 9.38. The topological polar surface area (TPSA) is 96.0 Å². The monoisotopic (exact) mass is 379 g/mol. The first-order valence-corrected chi connectivity index (χ1v) is 9.59. The van der Waals surface area contributed by atoms with Crippen LogP contribution in [0.2, 0.25) is 0 Å². The summed E-state index contributed by atoms with van der Waals surface area (Å²) in [4.78, 5) is 23.3. The fraction of sp³-hybridized carbons (Fsp3) is 0.375. The number of carbonyl (C=O) groups is 2. The van der Waals surface area contributed by atoms with Crippen LogP contribution in [-0.2, 0) is 9.59 Å². The Hall–Kier alpha value is -2.13. The lowest BCUT2D eigenvalue weighted by atomic mass is 10.2. The van der Waals surface area contributed by atoms with Gasteiger partial charge in [-0.05, 0) is 32.4 Å². The standard InChI is InChI=1S/C16H21N5O2S2/c1-10(2)18-13(22)8-17-14(23)9-24-16-21-20-15(25-16)19-12-7-5-4-6-11(12)3/h4-7,10H,8-9H2,1-3H3,(H,17,23)(H,18,22)(H,19,20). The van der Waals surface area contributed by atoms with Gasteiger partial charge in [0.2, 0.25) is 16.9 Å². The molecule has 0 radical (unpaired) electrons. The summed E-state index contributed by atoms with van der Waals surface area (Å²) < 4.78 is 0.692. The Morgan fingerprint density at radius 2 is 1.96 bits per heavy atom. The molecule has 2 aromatic rings. The Bertz CT molecular complexity index is 733. The molecule has 0 aliphatic heterocycles. The number of hydrogen-bond acceptors (Lipinski definition) is 7. The van der Waals surface area contributed by atoms with Crippen molar-refractivity contribution in [1.82, 2.24) is 20.8 Å². The maximum Gasteiger partial charge on any atom is 0.239 e. The first-order valence-electron chi connectivity index (χ1n) is 7.79. The van der Waals surface area contributed by atoms with Crippen molar-refractivity contribution in [3.8, 4) is 0 Å². The summed E-state index contributed by atoms with van der Waals surface area (Å²) in [6.07, 6.45) is 0. The van der Waals surface area contributed by atoms with Crippen LogP contribution >= 0.6 is 23.1 Å². The Morgan fingerprint density at radius 1 is 1.20 bits per heavy atom. The van der Waals surface area contributed by atoms with Crippen molar-refractivity contribution >= 4 is 45.7 Å². The lowest BCUT2D eigenvalue weighted by Crippen LogP contribution is -2.40. The summed E-state index contributed by atoms with van der Waals surface area (Å²) >= 11 is 2.67. The second-order valence-corrected chi connectivity index (χ2v) is 7.80. The van der Waals surface area contributed by atoms with Crippen molar-refractivity contribution in [2.45, 2.75) is 31.2 Å². The first kappa shape index (κ1) is 19.2. The fourth-order valence-electron chi connectivity index (χ4n) is 1.88. The van der Waals surface area contributed by atoms with E-state index < -0.39 is 0 Å². The zero-order valence-electron chi connectivity index (χ0n) is 14.3. The molecule has 134 valence electrons. The van der Waals surface area contributed by atoms with E-state index in [1.807, 2.05) is 45.0 Å². The van der Waals surface area contributed by atoms with Gasteiger partial charge < -0.3 is 16.0 Å².